The average Bonchev–Trinajstić information content (AvgIpc) is 3.66. The van der Waals surface area contributed by atoms with Crippen LogP contribution in [0.5, 0.6) is 23.1 Å². The van der Waals surface area contributed by atoms with Gasteiger partial charge in [0.15, 0.2) is 17.3 Å². The molecule has 12 nitrogen and oxygen atoms in total. The predicted molar refractivity (Wildman–Crippen MR) is 175 cm³/mol. The van der Waals surface area contributed by atoms with Crippen LogP contribution in [0.1, 0.15) is 40.2 Å². The molecule has 0 bridgehead atoms. The van der Waals surface area contributed by atoms with E-state index in [0.29, 0.717) is 28.2 Å². The summed E-state index contributed by atoms with van der Waals surface area (Å²) in [5, 5.41) is 15.1. The Morgan fingerprint density at radius 2 is 1.85 bits per heavy atom. The highest BCUT2D eigenvalue weighted by Gasteiger charge is 2.19. The Balaban J connectivity index is 1.20. The van der Waals surface area contributed by atoms with Crippen molar-refractivity contribution in [1.29, 1.82) is 0 Å². The number of pyridine rings is 1. The van der Waals surface area contributed by atoms with Crippen LogP contribution in [0.15, 0.2) is 86.9 Å². The number of nitro groups is 1. The Labute approximate surface area is 276 Å². The van der Waals surface area contributed by atoms with E-state index in [0.717, 1.165) is 23.3 Å². The summed E-state index contributed by atoms with van der Waals surface area (Å²) in [6.45, 7) is 6.31. The number of aromatic nitrogens is 2. The Morgan fingerprint density at radius 1 is 1.11 bits per heavy atom. The standard InChI is InChI=1S/C32H27BrClN5O7/c1-4-43-27-15-21(29(33)30(34)31(27)46-28-14-9-23(17-35-28)39(41)42)16-36-37-32(40)26-13-12-25(45-26)18-44-24-10-7-22(8-11-24)38-19(2)5-6-20(38)3/h5-17H,4,18H2,1-3H3,(H,37,40)/b36-16+. The molecule has 236 valence electrons. The minimum absolute atomic E-state index is 0.0519. The zero-order chi connectivity index (χ0) is 32.8. The smallest absolute Gasteiger partial charge is 0.307 e. The molecule has 5 aromatic rings. The van der Waals surface area contributed by atoms with Crippen molar-refractivity contribution in [2.24, 2.45) is 5.10 Å². The lowest BCUT2D eigenvalue weighted by Crippen LogP contribution is -2.16. The van der Waals surface area contributed by atoms with Gasteiger partial charge in [0.2, 0.25) is 5.88 Å². The molecule has 5 rings (SSSR count). The van der Waals surface area contributed by atoms with Gasteiger partial charge in [0, 0.05) is 39.2 Å². The number of aryl methyl sites for hydroxylation is 2. The molecule has 3 heterocycles. The van der Waals surface area contributed by atoms with Gasteiger partial charge in [0.25, 0.3) is 5.69 Å². The first-order valence-corrected chi connectivity index (χ1v) is 15.0. The maximum Gasteiger partial charge on any atom is 0.307 e. The van der Waals surface area contributed by atoms with E-state index >= 15 is 0 Å². The fourth-order valence-corrected chi connectivity index (χ4v) is 5.05. The summed E-state index contributed by atoms with van der Waals surface area (Å²) < 4.78 is 25.5. The number of rotatable bonds is 12. The predicted octanol–water partition coefficient (Wildman–Crippen LogP) is 7.94. The van der Waals surface area contributed by atoms with E-state index in [1.807, 2.05) is 24.3 Å². The number of carbonyl (C=O) groups is 1. The van der Waals surface area contributed by atoms with Gasteiger partial charge < -0.3 is 23.2 Å². The number of nitrogens with one attached hydrogen (secondary N) is 1. The van der Waals surface area contributed by atoms with Crippen molar-refractivity contribution in [3.05, 3.63) is 121 Å². The van der Waals surface area contributed by atoms with Crippen LogP contribution in [-0.2, 0) is 6.61 Å². The van der Waals surface area contributed by atoms with Crippen LogP contribution < -0.4 is 19.6 Å². The zero-order valence-electron chi connectivity index (χ0n) is 24.8. The van der Waals surface area contributed by atoms with Crippen LogP contribution in [-0.4, -0.2) is 33.2 Å². The molecule has 0 aliphatic heterocycles. The highest BCUT2D eigenvalue weighted by Crippen LogP contribution is 2.44. The maximum absolute atomic E-state index is 12.7. The van der Waals surface area contributed by atoms with Gasteiger partial charge >= 0.3 is 5.91 Å². The highest BCUT2D eigenvalue weighted by atomic mass is 79.9. The van der Waals surface area contributed by atoms with Gasteiger partial charge in [-0.05, 0) is 91.3 Å². The number of hydrogen-bond acceptors (Lipinski definition) is 9. The van der Waals surface area contributed by atoms with E-state index in [1.165, 1.54) is 24.4 Å². The SMILES string of the molecule is CCOc1cc(/C=N/NC(=O)c2ccc(COc3ccc(-n4c(C)ccc4C)cc3)o2)c(Br)c(Cl)c1Oc1ccc([N+](=O)[O-])cn1. The molecule has 1 N–H and O–H groups in total. The van der Waals surface area contributed by atoms with Crippen LogP contribution in [0.3, 0.4) is 0 Å². The molecular formula is C32H27BrClN5O7. The van der Waals surface area contributed by atoms with Crippen LogP contribution in [0, 0.1) is 24.0 Å². The first-order valence-electron chi connectivity index (χ1n) is 13.9. The van der Waals surface area contributed by atoms with E-state index in [9.17, 15) is 14.9 Å². The summed E-state index contributed by atoms with van der Waals surface area (Å²) in [6, 6.07) is 19.3. The molecule has 0 unspecified atom stereocenters. The number of furan rings is 1. The molecule has 0 spiro atoms. The summed E-state index contributed by atoms with van der Waals surface area (Å²) in [7, 11) is 0. The van der Waals surface area contributed by atoms with Crippen molar-refractivity contribution in [3.63, 3.8) is 0 Å². The van der Waals surface area contributed by atoms with Crippen molar-refractivity contribution in [3.8, 4) is 28.8 Å². The molecule has 14 heteroatoms. The van der Waals surface area contributed by atoms with Crippen LogP contribution in [0.25, 0.3) is 5.69 Å². The largest absolute Gasteiger partial charge is 0.490 e. The monoisotopic (exact) mass is 707 g/mol. The van der Waals surface area contributed by atoms with E-state index in [1.54, 1.807) is 19.1 Å². The molecule has 0 aliphatic rings. The fraction of sp³-hybridized carbons (Fsp3) is 0.156. The third-order valence-corrected chi connectivity index (χ3v) is 8.04. The Kier molecular flexibility index (Phi) is 10.0. The molecule has 0 aliphatic carbocycles. The number of ether oxygens (including phenoxy) is 3. The van der Waals surface area contributed by atoms with Crippen LogP contribution >= 0.6 is 27.5 Å². The topological polar surface area (TPSA) is 143 Å². The number of amides is 1. The number of halogens is 2. The first-order chi connectivity index (χ1) is 22.1. The third kappa shape index (κ3) is 7.38. The normalized spacial score (nSPS) is 11.1. The maximum atomic E-state index is 12.7. The highest BCUT2D eigenvalue weighted by molar-refractivity contribution is 9.10. The van der Waals surface area contributed by atoms with Crippen molar-refractivity contribution in [1.82, 2.24) is 15.0 Å². The molecule has 0 radical (unpaired) electrons. The van der Waals surface area contributed by atoms with Crippen molar-refractivity contribution >= 4 is 45.3 Å². The number of hydrogen-bond donors (Lipinski definition) is 1. The molecule has 2 aromatic carbocycles. The summed E-state index contributed by atoms with van der Waals surface area (Å²) in [6.07, 6.45) is 2.44. The number of benzene rings is 2. The lowest BCUT2D eigenvalue weighted by Gasteiger charge is -2.15. The number of carbonyl (C=O) groups excluding carboxylic acids is 1. The molecule has 1 amide bonds. The fourth-order valence-electron chi connectivity index (χ4n) is 4.42. The van der Waals surface area contributed by atoms with E-state index in [-0.39, 0.29) is 40.5 Å². The third-order valence-electron chi connectivity index (χ3n) is 6.60. The molecule has 46 heavy (non-hydrogen) atoms. The summed E-state index contributed by atoms with van der Waals surface area (Å²) in [4.78, 5) is 27.0. The number of hydrazone groups is 1. The molecular weight excluding hydrogens is 682 g/mol. The van der Waals surface area contributed by atoms with Gasteiger partial charge in [-0.2, -0.15) is 5.10 Å². The lowest BCUT2D eigenvalue weighted by molar-refractivity contribution is -0.385. The van der Waals surface area contributed by atoms with Gasteiger partial charge in [0.1, 0.15) is 29.3 Å². The Bertz CT molecular complexity index is 1880. The molecule has 0 fully saturated rings. The average molecular weight is 709 g/mol. The summed E-state index contributed by atoms with van der Waals surface area (Å²) >= 11 is 9.98. The number of nitrogens with zero attached hydrogens (tertiary/aromatic N) is 4. The van der Waals surface area contributed by atoms with Crippen LogP contribution in [0.4, 0.5) is 5.69 Å². The molecule has 3 aromatic heterocycles. The molecule has 0 atom stereocenters. The summed E-state index contributed by atoms with van der Waals surface area (Å²) in [5.74, 6) is 1.10. The van der Waals surface area contributed by atoms with Crippen molar-refractivity contribution in [2.45, 2.75) is 27.4 Å². The van der Waals surface area contributed by atoms with Crippen molar-refractivity contribution in [2.75, 3.05) is 6.61 Å². The van der Waals surface area contributed by atoms with Gasteiger partial charge in [-0.3, -0.25) is 14.9 Å². The second-order valence-corrected chi connectivity index (χ2v) is 10.9. The molecule has 0 saturated carbocycles. The quantitative estimate of drug-likeness (QED) is 0.0782. The molecule has 0 saturated heterocycles. The minimum Gasteiger partial charge on any atom is -0.490 e. The zero-order valence-corrected chi connectivity index (χ0v) is 27.2. The Hall–Kier alpha value is -5.14. The first kappa shape index (κ1) is 32.3. The summed E-state index contributed by atoms with van der Waals surface area (Å²) in [5.41, 5.74) is 6.04. The minimum atomic E-state index is -0.569. The van der Waals surface area contributed by atoms with Crippen LogP contribution in [0.2, 0.25) is 5.02 Å². The van der Waals surface area contributed by atoms with Crippen molar-refractivity contribution < 1.29 is 28.3 Å². The van der Waals surface area contributed by atoms with Gasteiger partial charge in [-0.15, -0.1) is 0 Å². The van der Waals surface area contributed by atoms with Gasteiger partial charge in [-0.1, -0.05) is 11.6 Å². The van der Waals surface area contributed by atoms with Gasteiger partial charge in [-0.25, -0.2) is 10.4 Å². The second kappa shape index (κ2) is 14.3. The van der Waals surface area contributed by atoms with E-state index in [4.69, 9.17) is 30.2 Å². The van der Waals surface area contributed by atoms with E-state index in [2.05, 4.69) is 62.0 Å². The second-order valence-electron chi connectivity index (χ2n) is 9.77. The lowest BCUT2D eigenvalue weighted by atomic mass is 10.2. The Morgan fingerprint density at radius 3 is 2.50 bits per heavy atom. The van der Waals surface area contributed by atoms with Gasteiger partial charge in [0.05, 0.1) is 17.7 Å². The van der Waals surface area contributed by atoms with E-state index < -0.39 is 10.8 Å².